The van der Waals surface area contributed by atoms with Gasteiger partial charge in [0, 0.05) is 0 Å². The summed E-state index contributed by atoms with van der Waals surface area (Å²) >= 11 is 6.04. The molecule has 1 heterocycles. The van der Waals surface area contributed by atoms with E-state index in [2.05, 4.69) is 15.5 Å². The average molecular weight is 413 g/mol. The molecule has 0 saturated carbocycles. The lowest BCUT2D eigenvalue weighted by molar-refractivity contribution is -0.123. The smallest absolute Gasteiger partial charge is 0.361 e. The van der Waals surface area contributed by atoms with Gasteiger partial charge in [0.2, 0.25) is 0 Å². The third-order valence-corrected chi connectivity index (χ3v) is 4.66. The summed E-state index contributed by atoms with van der Waals surface area (Å²) in [6.45, 7) is 7.09. The van der Waals surface area contributed by atoms with Crippen LogP contribution in [0.1, 0.15) is 34.2 Å². The van der Waals surface area contributed by atoms with Crippen LogP contribution < -0.4 is 5.32 Å². The van der Waals surface area contributed by atoms with Crippen LogP contribution in [0, 0.1) is 20.8 Å². The first-order chi connectivity index (χ1) is 13.8. The van der Waals surface area contributed by atoms with Gasteiger partial charge >= 0.3 is 5.97 Å². The summed E-state index contributed by atoms with van der Waals surface area (Å²) in [5.74, 6) is -1.22. The Bertz CT molecular complexity index is 1080. The maximum absolute atomic E-state index is 12.5. The van der Waals surface area contributed by atoms with E-state index in [4.69, 9.17) is 16.3 Å². The molecule has 0 unspecified atom stereocenters. The summed E-state index contributed by atoms with van der Waals surface area (Å²) < 4.78 is 5.28. The molecular weight excluding hydrogens is 392 g/mol. The second-order valence-electron chi connectivity index (χ2n) is 6.73. The molecule has 2 aromatic carbocycles. The third kappa shape index (κ3) is 4.63. The summed E-state index contributed by atoms with van der Waals surface area (Å²) in [4.78, 5) is 26.3. The molecule has 3 rings (SSSR count). The van der Waals surface area contributed by atoms with Crippen molar-refractivity contribution in [3.8, 4) is 5.69 Å². The van der Waals surface area contributed by atoms with Crippen LogP contribution in [-0.4, -0.2) is 33.0 Å². The molecule has 3 aromatic rings. The van der Waals surface area contributed by atoms with Crippen molar-refractivity contribution >= 4 is 29.2 Å². The molecule has 1 atom stereocenters. The Kier molecular flexibility index (Phi) is 5.98. The topological polar surface area (TPSA) is 86.1 Å². The number of aromatic nitrogens is 3. The normalized spacial score (nSPS) is 11.8. The highest BCUT2D eigenvalue weighted by molar-refractivity contribution is 6.33. The lowest BCUT2D eigenvalue weighted by Crippen LogP contribution is -2.30. The number of amides is 1. The summed E-state index contributed by atoms with van der Waals surface area (Å²) in [5.41, 5.74) is 3.78. The first-order valence-corrected chi connectivity index (χ1v) is 9.42. The standard InChI is InChI=1S/C21H21ClN4O3/c1-12-9-10-18(13(2)11-12)26-24-14(3)19(25-26)21(28)29-15(4)20(27)23-17-8-6-5-7-16(17)22/h5-11,15H,1-4H3,(H,23,27)/t15-/m0/s1. The second-order valence-corrected chi connectivity index (χ2v) is 7.14. The minimum absolute atomic E-state index is 0.0577. The Hall–Kier alpha value is -3.19. The molecule has 0 bridgehead atoms. The van der Waals surface area contributed by atoms with Gasteiger partial charge in [-0.25, -0.2) is 4.79 Å². The highest BCUT2D eigenvalue weighted by atomic mass is 35.5. The van der Waals surface area contributed by atoms with Crippen molar-refractivity contribution in [1.82, 2.24) is 15.0 Å². The first-order valence-electron chi connectivity index (χ1n) is 9.04. The fourth-order valence-corrected chi connectivity index (χ4v) is 2.95. The minimum atomic E-state index is -1.04. The van der Waals surface area contributed by atoms with Crippen LogP contribution in [0.5, 0.6) is 0 Å². The fourth-order valence-electron chi connectivity index (χ4n) is 2.77. The zero-order valence-corrected chi connectivity index (χ0v) is 17.3. The first kappa shape index (κ1) is 20.5. The minimum Gasteiger partial charge on any atom is -0.448 e. The third-order valence-electron chi connectivity index (χ3n) is 4.33. The summed E-state index contributed by atoms with van der Waals surface area (Å²) in [6.07, 6.45) is -1.04. The predicted octanol–water partition coefficient (Wildman–Crippen LogP) is 4.03. The molecule has 1 aromatic heterocycles. The Labute approximate surface area is 173 Å². The number of rotatable bonds is 5. The van der Waals surface area contributed by atoms with E-state index < -0.39 is 18.0 Å². The zero-order valence-electron chi connectivity index (χ0n) is 16.6. The van der Waals surface area contributed by atoms with Crippen LogP contribution in [0.4, 0.5) is 5.69 Å². The molecular formula is C21H21ClN4O3. The lowest BCUT2D eigenvalue weighted by atomic mass is 10.1. The quantitative estimate of drug-likeness (QED) is 0.639. The predicted molar refractivity (Wildman–Crippen MR) is 111 cm³/mol. The Morgan fingerprint density at radius 3 is 2.52 bits per heavy atom. The number of aryl methyl sites for hydroxylation is 3. The molecule has 0 aliphatic heterocycles. The number of hydrogen-bond donors (Lipinski definition) is 1. The highest BCUT2D eigenvalue weighted by Crippen LogP contribution is 2.21. The van der Waals surface area contributed by atoms with Gasteiger partial charge in [0.05, 0.1) is 22.1 Å². The number of anilines is 1. The Balaban J connectivity index is 1.73. The van der Waals surface area contributed by atoms with Gasteiger partial charge in [0.15, 0.2) is 11.8 Å². The molecule has 8 heteroatoms. The molecule has 0 aliphatic carbocycles. The van der Waals surface area contributed by atoms with E-state index in [0.29, 0.717) is 16.4 Å². The lowest BCUT2D eigenvalue weighted by Gasteiger charge is -2.13. The van der Waals surface area contributed by atoms with Gasteiger partial charge in [0.1, 0.15) is 0 Å². The van der Waals surface area contributed by atoms with E-state index in [1.54, 1.807) is 31.2 Å². The number of esters is 1. The average Bonchev–Trinajstić information content (AvgIpc) is 3.05. The van der Waals surface area contributed by atoms with Gasteiger partial charge in [-0.15, -0.1) is 5.10 Å². The number of halogens is 1. The van der Waals surface area contributed by atoms with Crippen molar-refractivity contribution in [2.24, 2.45) is 0 Å². The van der Waals surface area contributed by atoms with Crippen molar-refractivity contribution in [2.75, 3.05) is 5.32 Å². The molecule has 0 saturated heterocycles. The molecule has 7 nitrogen and oxygen atoms in total. The molecule has 0 fully saturated rings. The number of hydrogen-bond acceptors (Lipinski definition) is 5. The van der Waals surface area contributed by atoms with Crippen LogP contribution in [-0.2, 0) is 9.53 Å². The van der Waals surface area contributed by atoms with E-state index in [1.165, 1.54) is 11.7 Å². The molecule has 150 valence electrons. The Morgan fingerprint density at radius 2 is 1.83 bits per heavy atom. The summed E-state index contributed by atoms with van der Waals surface area (Å²) in [6, 6.07) is 12.7. The second kappa shape index (κ2) is 8.45. The number of nitrogens with zero attached hydrogens (tertiary/aromatic N) is 3. The van der Waals surface area contributed by atoms with E-state index >= 15 is 0 Å². The van der Waals surface area contributed by atoms with Crippen LogP contribution in [0.25, 0.3) is 5.69 Å². The molecule has 0 radical (unpaired) electrons. The molecule has 29 heavy (non-hydrogen) atoms. The van der Waals surface area contributed by atoms with Crippen LogP contribution >= 0.6 is 11.6 Å². The highest BCUT2D eigenvalue weighted by Gasteiger charge is 2.24. The van der Waals surface area contributed by atoms with Gasteiger partial charge in [-0.2, -0.15) is 9.90 Å². The van der Waals surface area contributed by atoms with E-state index in [1.807, 2.05) is 32.0 Å². The Morgan fingerprint density at radius 1 is 1.10 bits per heavy atom. The largest absolute Gasteiger partial charge is 0.448 e. The van der Waals surface area contributed by atoms with Crippen LogP contribution in [0.2, 0.25) is 5.02 Å². The molecule has 1 amide bonds. The van der Waals surface area contributed by atoms with Crippen molar-refractivity contribution in [3.05, 3.63) is 70.0 Å². The summed E-state index contributed by atoms with van der Waals surface area (Å²) in [7, 11) is 0. The van der Waals surface area contributed by atoms with E-state index in [0.717, 1.165) is 16.8 Å². The number of carbonyl (C=O) groups excluding carboxylic acids is 2. The molecule has 0 aliphatic rings. The van der Waals surface area contributed by atoms with E-state index in [-0.39, 0.29) is 5.69 Å². The van der Waals surface area contributed by atoms with Gasteiger partial charge < -0.3 is 10.1 Å². The van der Waals surface area contributed by atoms with Crippen molar-refractivity contribution in [3.63, 3.8) is 0 Å². The molecule has 0 spiro atoms. The SMILES string of the molecule is Cc1ccc(-n2nc(C)c(C(=O)O[C@@H](C)C(=O)Nc3ccccc3Cl)n2)c(C)c1. The van der Waals surface area contributed by atoms with Gasteiger partial charge in [0.25, 0.3) is 5.91 Å². The maximum Gasteiger partial charge on any atom is 0.361 e. The van der Waals surface area contributed by atoms with E-state index in [9.17, 15) is 9.59 Å². The number of nitrogens with one attached hydrogen (secondary N) is 1. The van der Waals surface area contributed by atoms with Crippen LogP contribution in [0.15, 0.2) is 42.5 Å². The van der Waals surface area contributed by atoms with Crippen molar-refractivity contribution in [1.29, 1.82) is 0 Å². The van der Waals surface area contributed by atoms with Gasteiger partial charge in [-0.05, 0) is 51.5 Å². The van der Waals surface area contributed by atoms with Gasteiger partial charge in [-0.1, -0.05) is 41.4 Å². The zero-order chi connectivity index (χ0) is 21.1. The number of carbonyl (C=O) groups is 2. The van der Waals surface area contributed by atoms with Crippen molar-refractivity contribution < 1.29 is 14.3 Å². The summed E-state index contributed by atoms with van der Waals surface area (Å²) in [5, 5.41) is 11.6. The fraction of sp³-hybridized carbons (Fsp3) is 0.238. The number of ether oxygens (including phenoxy) is 1. The van der Waals surface area contributed by atoms with Gasteiger partial charge in [-0.3, -0.25) is 4.79 Å². The number of para-hydroxylation sites is 1. The van der Waals surface area contributed by atoms with Crippen molar-refractivity contribution in [2.45, 2.75) is 33.8 Å². The number of benzene rings is 2. The monoisotopic (exact) mass is 412 g/mol. The van der Waals surface area contributed by atoms with Crippen LogP contribution in [0.3, 0.4) is 0 Å². The molecule has 1 N–H and O–H groups in total. The maximum atomic E-state index is 12.5.